The molecule has 0 radical (unpaired) electrons. The van der Waals surface area contributed by atoms with Crippen LogP contribution in [-0.4, -0.2) is 45.9 Å². The van der Waals surface area contributed by atoms with Crippen LogP contribution in [0.3, 0.4) is 0 Å². The van der Waals surface area contributed by atoms with Crippen LogP contribution < -0.4 is 5.32 Å². The Labute approximate surface area is 122 Å². The lowest BCUT2D eigenvalue weighted by atomic mass is 9.96. The zero-order chi connectivity index (χ0) is 14.5. The van der Waals surface area contributed by atoms with Gasteiger partial charge in [0.15, 0.2) is 0 Å². The number of amides is 2. The second-order valence-corrected chi connectivity index (χ2v) is 5.83. The third-order valence-electron chi connectivity index (χ3n) is 3.66. The van der Waals surface area contributed by atoms with Gasteiger partial charge in [-0.1, -0.05) is 11.4 Å². The quantitative estimate of drug-likeness (QED) is 0.906. The van der Waals surface area contributed by atoms with Crippen molar-refractivity contribution < 1.29 is 9.59 Å². The summed E-state index contributed by atoms with van der Waals surface area (Å²) in [4.78, 5) is 26.0. The van der Waals surface area contributed by atoms with Crippen molar-refractivity contribution in [2.75, 3.05) is 19.6 Å². The molecule has 1 aromatic rings. The largest absolute Gasteiger partial charge is 0.356 e. The first-order chi connectivity index (χ1) is 9.61. The summed E-state index contributed by atoms with van der Waals surface area (Å²) in [6.45, 7) is 5.85. The van der Waals surface area contributed by atoms with Crippen LogP contribution in [0.1, 0.15) is 41.6 Å². The minimum absolute atomic E-state index is 0.0357. The molecule has 110 valence electrons. The molecule has 1 aliphatic heterocycles. The highest BCUT2D eigenvalue weighted by Crippen LogP contribution is 2.20. The predicted octanol–water partition coefficient (Wildman–Crippen LogP) is 1.22. The van der Waals surface area contributed by atoms with E-state index in [0.717, 1.165) is 44.0 Å². The predicted molar refractivity (Wildman–Crippen MR) is 76.6 cm³/mol. The van der Waals surface area contributed by atoms with Crippen molar-refractivity contribution in [2.24, 2.45) is 5.92 Å². The van der Waals surface area contributed by atoms with Crippen LogP contribution in [0.15, 0.2) is 0 Å². The van der Waals surface area contributed by atoms with Gasteiger partial charge < -0.3 is 10.2 Å². The van der Waals surface area contributed by atoms with Crippen LogP contribution >= 0.6 is 11.5 Å². The molecule has 20 heavy (non-hydrogen) atoms. The van der Waals surface area contributed by atoms with Gasteiger partial charge in [-0.2, -0.15) is 0 Å². The second-order valence-electron chi connectivity index (χ2n) is 5.08. The van der Waals surface area contributed by atoms with Crippen molar-refractivity contribution in [3.63, 3.8) is 0 Å². The molecule has 1 N–H and O–H groups in total. The number of nitrogens with zero attached hydrogens (tertiary/aromatic N) is 3. The molecular formula is C13H20N4O2S. The molecule has 0 saturated carbocycles. The van der Waals surface area contributed by atoms with Crippen LogP contribution in [0.2, 0.25) is 0 Å². The first kappa shape index (κ1) is 14.9. The molecule has 6 nitrogen and oxygen atoms in total. The third kappa shape index (κ3) is 3.53. The topological polar surface area (TPSA) is 75.2 Å². The number of rotatable bonds is 4. The van der Waals surface area contributed by atoms with Gasteiger partial charge in [0, 0.05) is 26.1 Å². The summed E-state index contributed by atoms with van der Waals surface area (Å²) in [5.74, 6) is 0.596. The molecule has 1 aromatic heterocycles. The minimum atomic E-state index is 0.0357. The van der Waals surface area contributed by atoms with E-state index in [-0.39, 0.29) is 11.8 Å². The summed E-state index contributed by atoms with van der Waals surface area (Å²) in [5.41, 5.74) is 0.706. The summed E-state index contributed by atoms with van der Waals surface area (Å²) < 4.78 is 3.81. The van der Waals surface area contributed by atoms with Crippen molar-refractivity contribution in [2.45, 2.75) is 33.1 Å². The standard InChI is InChI=1S/C13H20N4O2S/c1-3-11(18)14-8-10-4-6-17(7-5-10)13(19)12-9(2)15-16-20-12/h10H,3-8H2,1-2H3,(H,14,18). The first-order valence-electron chi connectivity index (χ1n) is 6.96. The van der Waals surface area contributed by atoms with Gasteiger partial charge in [-0.05, 0) is 37.2 Å². The number of piperidine rings is 1. The van der Waals surface area contributed by atoms with E-state index in [2.05, 4.69) is 14.9 Å². The van der Waals surface area contributed by atoms with Crippen molar-refractivity contribution in [1.82, 2.24) is 19.8 Å². The molecule has 0 aromatic carbocycles. The average Bonchev–Trinajstić information content (AvgIpc) is 2.90. The molecule has 0 aliphatic carbocycles. The van der Waals surface area contributed by atoms with Gasteiger partial charge in [0.25, 0.3) is 5.91 Å². The summed E-state index contributed by atoms with van der Waals surface area (Å²) in [5, 5.41) is 6.80. The minimum Gasteiger partial charge on any atom is -0.356 e. The number of nitrogens with one attached hydrogen (secondary N) is 1. The zero-order valence-electron chi connectivity index (χ0n) is 11.9. The normalized spacial score (nSPS) is 16.2. The number of carbonyl (C=O) groups excluding carboxylic acids is 2. The van der Waals surface area contributed by atoms with Crippen LogP contribution in [0.5, 0.6) is 0 Å². The van der Waals surface area contributed by atoms with E-state index in [0.29, 0.717) is 22.9 Å². The second kappa shape index (κ2) is 6.78. The Morgan fingerprint density at radius 3 is 2.65 bits per heavy atom. The third-order valence-corrected chi connectivity index (χ3v) is 4.47. The monoisotopic (exact) mass is 296 g/mol. The van der Waals surface area contributed by atoms with Gasteiger partial charge in [0.1, 0.15) is 4.88 Å². The van der Waals surface area contributed by atoms with E-state index in [1.165, 1.54) is 0 Å². The highest BCUT2D eigenvalue weighted by Gasteiger charge is 2.26. The number of hydrogen-bond donors (Lipinski definition) is 1. The fourth-order valence-corrected chi connectivity index (χ4v) is 2.92. The van der Waals surface area contributed by atoms with Gasteiger partial charge in [0.05, 0.1) is 5.69 Å². The van der Waals surface area contributed by atoms with Crippen molar-refractivity contribution in [3.05, 3.63) is 10.6 Å². The Kier molecular flexibility index (Phi) is 5.05. The molecule has 7 heteroatoms. The Hall–Kier alpha value is -1.50. The number of likely N-dealkylation sites (tertiary alicyclic amines) is 1. The van der Waals surface area contributed by atoms with Crippen LogP contribution in [0, 0.1) is 12.8 Å². The molecule has 0 spiro atoms. The Balaban J connectivity index is 1.81. The number of aromatic nitrogens is 2. The highest BCUT2D eigenvalue weighted by atomic mass is 32.1. The summed E-state index contributed by atoms with van der Waals surface area (Å²) in [7, 11) is 0. The Morgan fingerprint density at radius 2 is 2.10 bits per heavy atom. The number of hydrogen-bond acceptors (Lipinski definition) is 5. The maximum Gasteiger partial charge on any atom is 0.267 e. The Morgan fingerprint density at radius 1 is 1.40 bits per heavy atom. The lowest BCUT2D eigenvalue weighted by Gasteiger charge is -2.31. The molecule has 1 aliphatic rings. The fourth-order valence-electron chi connectivity index (χ4n) is 2.29. The van der Waals surface area contributed by atoms with Gasteiger partial charge in [-0.25, -0.2) is 0 Å². The lowest BCUT2D eigenvalue weighted by molar-refractivity contribution is -0.121. The van der Waals surface area contributed by atoms with E-state index in [1.54, 1.807) is 0 Å². The zero-order valence-corrected chi connectivity index (χ0v) is 12.7. The maximum absolute atomic E-state index is 12.3. The molecule has 1 saturated heterocycles. The van der Waals surface area contributed by atoms with E-state index < -0.39 is 0 Å². The molecule has 0 bridgehead atoms. The molecule has 1 fully saturated rings. The van der Waals surface area contributed by atoms with Crippen molar-refractivity contribution >= 4 is 23.3 Å². The molecular weight excluding hydrogens is 276 g/mol. The van der Waals surface area contributed by atoms with Gasteiger partial charge >= 0.3 is 0 Å². The van der Waals surface area contributed by atoms with E-state index >= 15 is 0 Å². The van der Waals surface area contributed by atoms with Gasteiger partial charge in [0.2, 0.25) is 5.91 Å². The highest BCUT2D eigenvalue weighted by molar-refractivity contribution is 7.07. The molecule has 2 rings (SSSR count). The van der Waals surface area contributed by atoms with E-state index in [9.17, 15) is 9.59 Å². The van der Waals surface area contributed by atoms with Crippen molar-refractivity contribution in [1.29, 1.82) is 0 Å². The summed E-state index contributed by atoms with van der Waals surface area (Å²) in [6, 6.07) is 0. The van der Waals surface area contributed by atoms with Gasteiger partial charge in [-0.3, -0.25) is 9.59 Å². The first-order valence-corrected chi connectivity index (χ1v) is 7.74. The van der Waals surface area contributed by atoms with E-state index in [4.69, 9.17) is 0 Å². The molecule has 0 unspecified atom stereocenters. The fraction of sp³-hybridized carbons (Fsp3) is 0.692. The molecule has 2 heterocycles. The maximum atomic E-state index is 12.3. The lowest BCUT2D eigenvalue weighted by Crippen LogP contribution is -2.41. The number of carbonyl (C=O) groups is 2. The summed E-state index contributed by atoms with van der Waals surface area (Å²) >= 11 is 1.16. The van der Waals surface area contributed by atoms with Crippen molar-refractivity contribution in [3.8, 4) is 0 Å². The SMILES string of the molecule is CCC(=O)NCC1CCN(C(=O)c2snnc2C)CC1. The Bertz CT molecular complexity index is 480. The van der Waals surface area contributed by atoms with Crippen LogP contribution in [0.25, 0.3) is 0 Å². The van der Waals surface area contributed by atoms with Gasteiger partial charge in [-0.15, -0.1) is 5.10 Å². The van der Waals surface area contributed by atoms with Crippen LogP contribution in [-0.2, 0) is 4.79 Å². The molecule has 0 atom stereocenters. The average molecular weight is 296 g/mol. The smallest absolute Gasteiger partial charge is 0.267 e. The summed E-state index contributed by atoms with van der Waals surface area (Å²) in [6.07, 6.45) is 2.39. The van der Waals surface area contributed by atoms with E-state index in [1.807, 2.05) is 18.7 Å². The van der Waals surface area contributed by atoms with Crippen LogP contribution in [0.4, 0.5) is 0 Å². The molecule has 2 amide bonds. The number of aryl methyl sites for hydroxylation is 1.